The normalized spacial score (nSPS) is 16.9. The van der Waals surface area contributed by atoms with Crippen LogP contribution in [-0.2, 0) is 0 Å². The molecule has 1 aliphatic heterocycles. The first-order valence-corrected chi connectivity index (χ1v) is 7.31. The number of carbonyl (C=O) groups is 1. The van der Waals surface area contributed by atoms with Crippen LogP contribution in [0.5, 0.6) is 0 Å². The lowest BCUT2D eigenvalue weighted by atomic mass is 10.1. The van der Waals surface area contributed by atoms with Gasteiger partial charge in [0, 0.05) is 38.4 Å². The molecule has 2 aromatic rings. The first-order chi connectivity index (χ1) is 10.1. The van der Waals surface area contributed by atoms with Crippen molar-refractivity contribution in [2.45, 2.75) is 26.8 Å². The highest BCUT2D eigenvalue weighted by Crippen LogP contribution is 2.18. The lowest BCUT2D eigenvalue weighted by molar-refractivity contribution is 0.0595. The third-order valence-corrected chi connectivity index (χ3v) is 4.09. The van der Waals surface area contributed by atoms with Crippen molar-refractivity contribution in [2.24, 2.45) is 0 Å². The number of nitrogens with zero attached hydrogens (tertiary/aromatic N) is 4. The fraction of sp³-hybridized carbons (Fsp3) is 0.533. The standard InChI is InChI=1S/C15H20N4O2/c1-10(2)18-4-6-19(7-5-18)15(20)12-8-13-11(3)17-21-14(13)16-9-12/h8-10H,4-7H2,1-3H3. The molecule has 6 nitrogen and oxygen atoms in total. The highest BCUT2D eigenvalue weighted by atomic mass is 16.5. The molecule has 1 aliphatic rings. The summed E-state index contributed by atoms with van der Waals surface area (Å²) in [6, 6.07) is 2.35. The molecule has 0 unspecified atom stereocenters. The minimum absolute atomic E-state index is 0.0356. The summed E-state index contributed by atoms with van der Waals surface area (Å²) in [6.07, 6.45) is 1.57. The van der Waals surface area contributed by atoms with Gasteiger partial charge in [-0.1, -0.05) is 5.16 Å². The van der Waals surface area contributed by atoms with Crippen molar-refractivity contribution >= 4 is 17.0 Å². The maximum Gasteiger partial charge on any atom is 0.257 e. The summed E-state index contributed by atoms with van der Waals surface area (Å²) in [4.78, 5) is 21.0. The third-order valence-electron chi connectivity index (χ3n) is 4.09. The zero-order valence-corrected chi connectivity index (χ0v) is 12.7. The smallest absolute Gasteiger partial charge is 0.257 e. The number of amides is 1. The average Bonchev–Trinajstić information content (AvgIpc) is 2.87. The molecule has 6 heteroatoms. The maximum absolute atomic E-state index is 12.6. The van der Waals surface area contributed by atoms with Gasteiger partial charge in [-0.25, -0.2) is 4.98 Å². The summed E-state index contributed by atoms with van der Waals surface area (Å²) in [5, 5.41) is 4.68. The molecule has 2 aromatic heterocycles. The van der Waals surface area contributed by atoms with Gasteiger partial charge in [-0.2, -0.15) is 0 Å². The number of carbonyl (C=O) groups excluding carboxylic acids is 1. The van der Waals surface area contributed by atoms with E-state index >= 15 is 0 Å². The maximum atomic E-state index is 12.6. The highest BCUT2D eigenvalue weighted by molar-refractivity contribution is 5.97. The molecular weight excluding hydrogens is 268 g/mol. The number of aromatic nitrogens is 2. The van der Waals surface area contributed by atoms with Crippen LogP contribution in [0.3, 0.4) is 0 Å². The quantitative estimate of drug-likeness (QED) is 0.841. The Hall–Kier alpha value is -1.95. The molecule has 0 N–H and O–H groups in total. The number of rotatable bonds is 2. The van der Waals surface area contributed by atoms with Crippen LogP contribution in [0.2, 0.25) is 0 Å². The van der Waals surface area contributed by atoms with Crippen LogP contribution in [0.4, 0.5) is 0 Å². The van der Waals surface area contributed by atoms with Crippen molar-refractivity contribution in [3.63, 3.8) is 0 Å². The number of pyridine rings is 1. The van der Waals surface area contributed by atoms with Gasteiger partial charge >= 0.3 is 0 Å². The first kappa shape index (κ1) is 14.0. The number of aryl methyl sites for hydroxylation is 1. The molecule has 3 heterocycles. The Morgan fingerprint density at radius 1 is 1.29 bits per heavy atom. The molecule has 0 aromatic carbocycles. The fourth-order valence-corrected chi connectivity index (χ4v) is 2.69. The van der Waals surface area contributed by atoms with Crippen LogP contribution in [0.25, 0.3) is 11.1 Å². The van der Waals surface area contributed by atoms with Crippen molar-refractivity contribution in [3.8, 4) is 0 Å². The topological polar surface area (TPSA) is 62.5 Å². The van der Waals surface area contributed by atoms with E-state index in [0.29, 0.717) is 17.3 Å². The average molecular weight is 288 g/mol. The zero-order chi connectivity index (χ0) is 15.0. The van der Waals surface area contributed by atoms with Crippen molar-refractivity contribution in [3.05, 3.63) is 23.5 Å². The molecule has 1 fully saturated rings. The minimum Gasteiger partial charge on any atom is -0.336 e. The molecule has 21 heavy (non-hydrogen) atoms. The zero-order valence-electron chi connectivity index (χ0n) is 12.7. The van der Waals surface area contributed by atoms with Gasteiger partial charge in [-0.3, -0.25) is 9.69 Å². The fourth-order valence-electron chi connectivity index (χ4n) is 2.69. The Balaban J connectivity index is 1.76. The summed E-state index contributed by atoms with van der Waals surface area (Å²) >= 11 is 0. The Kier molecular flexibility index (Phi) is 3.63. The first-order valence-electron chi connectivity index (χ1n) is 7.31. The van der Waals surface area contributed by atoms with Crippen molar-refractivity contribution in [1.29, 1.82) is 0 Å². The van der Waals surface area contributed by atoms with Gasteiger partial charge in [0.05, 0.1) is 16.6 Å². The van der Waals surface area contributed by atoms with Crippen LogP contribution < -0.4 is 0 Å². The second kappa shape index (κ2) is 5.44. The summed E-state index contributed by atoms with van der Waals surface area (Å²) in [5.74, 6) is 0.0356. The van der Waals surface area contributed by atoms with Gasteiger partial charge in [-0.05, 0) is 26.8 Å². The van der Waals surface area contributed by atoms with Crippen LogP contribution in [0.1, 0.15) is 29.9 Å². The predicted molar refractivity (Wildman–Crippen MR) is 79.2 cm³/mol. The number of piperazine rings is 1. The highest BCUT2D eigenvalue weighted by Gasteiger charge is 2.24. The number of hydrogen-bond donors (Lipinski definition) is 0. The Bertz CT molecular complexity index is 657. The molecule has 0 spiro atoms. The predicted octanol–water partition coefficient (Wildman–Crippen LogP) is 1.70. The van der Waals surface area contributed by atoms with E-state index in [1.807, 2.05) is 17.9 Å². The Labute approximate surface area is 123 Å². The van der Waals surface area contributed by atoms with E-state index in [1.54, 1.807) is 6.20 Å². The number of fused-ring (bicyclic) bond motifs is 1. The van der Waals surface area contributed by atoms with Gasteiger partial charge in [0.2, 0.25) is 0 Å². The van der Waals surface area contributed by atoms with Crippen molar-refractivity contribution in [2.75, 3.05) is 26.2 Å². The summed E-state index contributed by atoms with van der Waals surface area (Å²) in [5.41, 5.74) is 1.84. The van der Waals surface area contributed by atoms with Gasteiger partial charge in [0.15, 0.2) is 0 Å². The van der Waals surface area contributed by atoms with E-state index in [2.05, 4.69) is 28.9 Å². The molecule has 0 radical (unpaired) electrons. The van der Waals surface area contributed by atoms with Gasteiger partial charge in [0.1, 0.15) is 0 Å². The van der Waals surface area contributed by atoms with E-state index in [1.165, 1.54) is 0 Å². The molecule has 0 aliphatic carbocycles. The largest absolute Gasteiger partial charge is 0.336 e. The van der Waals surface area contributed by atoms with E-state index in [4.69, 9.17) is 4.52 Å². The van der Waals surface area contributed by atoms with Gasteiger partial charge in [0.25, 0.3) is 11.6 Å². The molecule has 0 atom stereocenters. The van der Waals surface area contributed by atoms with Crippen LogP contribution >= 0.6 is 0 Å². The van der Waals surface area contributed by atoms with E-state index in [9.17, 15) is 4.79 Å². The monoisotopic (exact) mass is 288 g/mol. The third kappa shape index (κ3) is 2.63. The van der Waals surface area contributed by atoms with Crippen molar-refractivity contribution in [1.82, 2.24) is 19.9 Å². The summed E-state index contributed by atoms with van der Waals surface area (Å²) in [7, 11) is 0. The summed E-state index contributed by atoms with van der Waals surface area (Å²) < 4.78 is 5.08. The molecule has 0 saturated carbocycles. The molecule has 0 bridgehead atoms. The van der Waals surface area contributed by atoms with E-state index < -0.39 is 0 Å². The van der Waals surface area contributed by atoms with E-state index in [-0.39, 0.29) is 5.91 Å². The van der Waals surface area contributed by atoms with E-state index in [0.717, 1.165) is 37.3 Å². The molecule has 112 valence electrons. The number of hydrogen-bond acceptors (Lipinski definition) is 5. The second-order valence-electron chi connectivity index (χ2n) is 5.77. The van der Waals surface area contributed by atoms with Crippen LogP contribution in [0.15, 0.2) is 16.8 Å². The SMILES string of the molecule is Cc1noc2ncc(C(=O)N3CCN(C(C)C)CC3)cc12. The minimum atomic E-state index is 0.0356. The Morgan fingerprint density at radius 3 is 2.67 bits per heavy atom. The molecular formula is C15H20N4O2. The van der Waals surface area contributed by atoms with Crippen LogP contribution in [-0.4, -0.2) is 58.1 Å². The lowest BCUT2D eigenvalue weighted by Crippen LogP contribution is -2.50. The second-order valence-corrected chi connectivity index (χ2v) is 5.77. The molecule has 1 amide bonds. The lowest BCUT2D eigenvalue weighted by Gasteiger charge is -2.36. The van der Waals surface area contributed by atoms with Crippen molar-refractivity contribution < 1.29 is 9.32 Å². The molecule has 3 rings (SSSR count). The summed E-state index contributed by atoms with van der Waals surface area (Å²) in [6.45, 7) is 9.59. The van der Waals surface area contributed by atoms with Gasteiger partial charge < -0.3 is 9.42 Å². The Morgan fingerprint density at radius 2 is 2.00 bits per heavy atom. The van der Waals surface area contributed by atoms with Gasteiger partial charge in [-0.15, -0.1) is 0 Å². The van der Waals surface area contributed by atoms with Crippen LogP contribution in [0, 0.1) is 6.92 Å². The molecule has 1 saturated heterocycles.